The Kier molecular flexibility index (Phi) is 5.92. The molecule has 1 N–H and O–H groups in total. The molecular formula is C18H19F3N3O4S+. The predicted molar refractivity (Wildman–Crippen MR) is 97.7 cm³/mol. The third-order valence-corrected chi connectivity index (χ3v) is 6.79. The number of nitrogens with zero attached hydrogens (tertiary/aromatic N) is 2. The zero-order chi connectivity index (χ0) is 21.2. The molecule has 0 spiro atoms. The van der Waals surface area contributed by atoms with Crippen molar-refractivity contribution in [1.29, 1.82) is 0 Å². The van der Waals surface area contributed by atoms with Gasteiger partial charge in [-0.15, -0.1) is 0 Å². The van der Waals surface area contributed by atoms with Crippen LogP contribution < -0.4 is 4.90 Å². The summed E-state index contributed by atoms with van der Waals surface area (Å²) in [6, 6.07) is 10.0. The van der Waals surface area contributed by atoms with Gasteiger partial charge >= 0.3 is 6.18 Å². The molecule has 0 bridgehead atoms. The lowest BCUT2D eigenvalue weighted by Crippen LogP contribution is -3.13. The van der Waals surface area contributed by atoms with E-state index in [0.717, 1.165) is 23.1 Å². The highest BCUT2D eigenvalue weighted by Crippen LogP contribution is 2.31. The van der Waals surface area contributed by atoms with Crippen LogP contribution in [0, 0.1) is 10.1 Å². The molecule has 156 valence electrons. The van der Waals surface area contributed by atoms with Gasteiger partial charge in [-0.25, -0.2) is 8.42 Å². The van der Waals surface area contributed by atoms with Crippen LogP contribution in [0.25, 0.3) is 0 Å². The molecule has 0 aliphatic carbocycles. The number of hydrogen-bond acceptors (Lipinski definition) is 4. The van der Waals surface area contributed by atoms with E-state index in [1.54, 1.807) is 6.07 Å². The fourth-order valence-electron chi connectivity index (χ4n) is 3.33. The molecule has 1 aliphatic heterocycles. The lowest BCUT2D eigenvalue weighted by atomic mass is 10.1. The summed E-state index contributed by atoms with van der Waals surface area (Å²) in [7, 11) is -3.81. The first-order chi connectivity index (χ1) is 13.6. The summed E-state index contributed by atoms with van der Waals surface area (Å²) in [5.41, 5.74) is -0.698. The summed E-state index contributed by atoms with van der Waals surface area (Å²) in [4.78, 5) is 10.9. The van der Waals surface area contributed by atoms with Gasteiger partial charge in [-0.2, -0.15) is 17.5 Å². The summed E-state index contributed by atoms with van der Waals surface area (Å²) < 4.78 is 66.1. The molecule has 1 heterocycles. The normalized spacial score (nSPS) is 16.7. The first-order valence-electron chi connectivity index (χ1n) is 8.82. The Labute approximate surface area is 165 Å². The van der Waals surface area contributed by atoms with Crippen molar-refractivity contribution in [2.24, 2.45) is 0 Å². The molecule has 3 rings (SSSR count). The highest BCUT2D eigenvalue weighted by Gasteiger charge is 2.35. The molecule has 2 aromatic rings. The van der Waals surface area contributed by atoms with Crippen LogP contribution in [0.2, 0.25) is 0 Å². The number of alkyl halides is 3. The van der Waals surface area contributed by atoms with Gasteiger partial charge in [0.2, 0.25) is 10.0 Å². The number of nitro benzene ring substituents is 1. The number of hydrogen-bond donors (Lipinski definition) is 1. The van der Waals surface area contributed by atoms with Gasteiger partial charge in [0.1, 0.15) is 6.54 Å². The highest BCUT2D eigenvalue weighted by atomic mass is 32.2. The maximum atomic E-state index is 13.1. The Hall–Kier alpha value is -2.50. The molecule has 7 nitrogen and oxygen atoms in total. The van der Waals surface area contributed by atoms with Crippen molar-refractivity contribution in [3.8, 4) is 0 Å². The van der Waals surface area contributed by atoms with E-state index in [1.807, 2.05) is 0 Å². The quantitative estimate of drug-likeness (QED) is 0.578. The Morgan fingerprint density at radius 3 is 2.17 bits per heavy atom. The lowest BCUT2D eigenvalue weighted by Gasteiger charge is -2.32. The van der Waals surface area contributed by atoms with Gasteiger partial charge in [-0.3, -0.25) is 10.1 Å². The molecule has 0 unspecified atom stereocenters. The number of piperazine rings is 1. The van der Waals surface area contributed by atoms with Crippen LogP contribution in [-0.4, -0.2) is 43.8 Å². The molecule has 0 aromatic heterocycles. The molecule has 29 heavy (non-hydrogen) atoms. The Morgan fingerprint density at radius 2 is 1.62 bits per heavy atom. The topological polar surface area (TPSA) is 85.0 Å². The minimum atomic E-state index is -4.43. The van der Waals surface area contributed by atoms with Gasteiger partial charge in [0.05, 0.1) is 41.6 Å². The van der Waals surface area contributed by atoms with E-state index >= 15 is 0 Å². The van der Waals surface area contributed by atoms with Crippen molar-refractivity contribution < 1.29 is 31.4 Å². The first kappa shape index (κ1) is 21.2. The molecule has 0 radical (unpaired) electrons. The summed E-state index contributed by atoms with van der Waals surface area (Å²) in [5.74, 6) is 0. The second-order valence-electron chi connectivity index (χ2n) is 6.74. The Bertz CT molecular complexity index is 986. The summed E-state index contributed by atoms with van der Waals surface area (Å²) in [6.07, 6.45) is -4.43. The number of nitro groups is 1. The van der Waals surface area contributed by atoms with Crippen LogP contribution in [0.4, 0.5) is 18.9 Å². The molecule has 1 saturated heterocycles. The van der Waals surface area contributed by atoms with Crippen molar-refractivity contribution in [3.63, 3.8) is 0 Å². The molecule has 1 aliphatic rings. The standard InChI is InChI=1S/C18H18F3N3O4S/c19-18(20,21)17-4-2-1-3-14(17)13-22-9-11-23(12-10-22)29(27,28)16-7-5-15(6-8-16)24(25)26/h1-8H,9-13H2/p+1. The Balaban J connectivity index is 1.67. The van der Waals surface area contributed by atoms with Crippen LogP contribution in [0.1, 0.15) is 11.1 Å². The average Bonchev–Trinajstić information content (AvgIpc) is 2.68. The van der Waals surface area contributed by atoms with E-state index in [1.165, 1.54) is 28.6 Å². The number of quaternary nitrogens is 1. The molecular weight excluding hydrogens is 411 g/mol. The van der Waals surface area contributed by atoms with Gasteiger partial charge in [0, 0.05) is 17.7 Å². The maximum absolute atomic E-state index is 13.1. The fourth-order valence-corrected chi connectivity index (χ4v) is 4.77. The van der Waals surface area contributed by atoms with Crippen molar-refractivity contribution in [3.05, 3.63) is 69.8 Å². The minimum absolute atomic E-state index is 0.0473. The minimum Gasteiger partial charge on any atom is -0.329 e. The Morgan fingerprint density at radius 1 is 1.03 bits per heavy atom. The lowest BCUT2D eigenvalue weighted by molar-refractivity contribution is -0.917. The average molecular weight is 430 g/mol. The van der Waals surface area contributed by atoms with Crippen LogP contribution in [0.15, 0.2) is 53.4 Å². The molecule has 0 atom stereocenters. The summed E-state index contributed by atoms with van der Waals surface area (Å²) >= 11 is 0. The number of rotatable bonds is 5. The second kappa shape index (κ2) is 8.09. The first-order valence-corrected chi connectivity index (χ1v) is 10.3. The van der Waals surface area contributed by atoms with Gasteiger partial charge in [0.15, 0.2) is 0 Å². The van der Waals surface area contributed by atoms with E-state index in [-0.39, 0.29) is 35.8 Å². The van der Waals surface area contributed by atoms with Crippen molar-refractivity contribution >= 4 is 15.7 Å². The van der Waals surface area contributed by atoms with Crippen molar-refractivity contribution in [1.82, 2.24) is 4.31 Å². The predicted octanol–water partition coefficient (Wildman–Crippen LogP) is 1.70. The van der Waals surface area contributed by atoms with Crippen LogP contribution >= 0.6 is 0 Å². The highest BCUT2D eigenvalue weighted by molar-refractivity contribution is 7.89. The summed E-state index contributed by atoms with van der Waals surface area (Å²) in [6.45, 7) is 1.18. The smallest absolute Gasteiger partial charge is 0.329 e. The number of halogens is 3. The summed E-state index contributed by atoms with van der Waals surface area (Å²) in [5, 5.41) is 10.7. The molecule has 0 amide bonds. The largest absolute Gasteiger partial charge is 0.416 e. The van der Waals surface area contributed by atoms with Gasteiger partial charge < -0.3 is 4.90 Å². The molecule has 2 aromatic carbocycles. The van der Waals surface area contributed by atoms with E-state index in [9.17, 15) is 31.7 Å². The number of sulfonamides is 1. The van der Waals surface area contributed by atoms with Crippen LogP contribution in [0.5, 0.6) is 0 Å². The SMILES string of the molecule is O=[N+]([O-])c1ccc(S(=O)(=O)N2CC[NH+](Cc3ccccc3C(F)(F)F)CC2)cc1. The van der Waals surface area contributed by atoms with Crippen LogP contribution in [0.3, 0.4) is 0 Å². The number of benzene rings is 2. The zero-order valence-electron chi connectivity index (χ0n) is 15.2. The molecule has 0 saturated carbocycles. The second-order valence-corrected chi connectivity index (χ2v) is 8.67. The maximum Gasteiger partial charge on any atom is 0.416 e. The third-order valence-electron chi connectivity index (χ3n) is 4.88. The molecule has 1 fully saturated rings. The third kappa shape index (κ3) is 4.74. The van der Waals surface area contributed by atoms with Crippen molar-refractivity contribution in [2.75, 3.05) is 26.2 Å². The number of nitrogens with one attached hydrogen (secondary N) is 1. The van der Waals surface area contributed by atoms with E-state index in [0.29, 0.717) is 13.1 Å². The molecule has 11 heteroatoms. The fraction of sp³-hybridized carbons (Fsp3) is 0.333. The van der Waals surface area contributed by atoms with Crippen LogP contribution in [-0.2, 0) is 22.7 Å². The van der Waals surface area contributed by atoms with E-state index in [4.69, 9.17) is 0 Å². The number of non-ortho nitro benzene ring substituents is 1. The monoisotopic (exact) mass is 430 g/mol. The van der Waals surface area contributed by atoms with Crippen molar-refractivity contribution in [2.45, 2.75) is 17.6 Å². The van der Waals surface area contributed by atoms with Gasteiger partial charge in [-0.05, 0) is 18.2 Å². The van der Waals surface area contributed by atoms with E-state index < -0.39 is 26.7 Å². The van der Waals surface area contributed by atoms with E-state index in [2.05, 4.69) is 0 Å². The zero-order valence-corrected chi connectivity index (χ0v) is 16.0. The van der Waals surface area contributed by atoms with Gasteiger partial charge in [-0.1, -0.05) is 18.2 Å². The van der Waals surface area contributed by atoms with Gasteiger partial charge in [0.25, 0.3) is 5.69 Å².